The van der Waals surface area contributed by atoms with Crippen LogP contribution in [0.3, 0.4) is 0 Å². The van der Waals surface area contributed by atoms with Crippen molar-refractivity contribution in [2.45, 2.75) is 57.2 Å². The van der Waals surface area contributed by atoms with E-state index in [-0.39, 0.29) is 6.04 Å². The number of nitrogens with zero attached hydrogens (tertiary/aromatic N) is 2. The maximum Gasteiger partial charge on any atom is 0.239 e. The summed E-state index contributed by atoms with van der Waals surface area (Å²) in [5.41, 5.74) is 0. The summed E-state index contributed by atoms with van der Waals surface area (Å²) in [4.78, 5) is 16.9. The number of rotatable bonds is 5. The van der Waals surface area contributed by atoms with Crippen molar-refractivity contribution < 1.29 is 4.79 Å². The van der Waals surface area contributed by atoms with Gasteiger partial charge in [-0.2, -0.15) is 0 Å². The van der Waals surface area contributed by atoms with Gasteiger partial charge in [-0.15, -0.1) is 0 Å². The van der Waals surface area contributed by atoms with Crippen LogP contribution in [0.25, 0.3) is 0 Å². The number of carbonyl (C=O) groups is 1. The molecule has 3 fully saturated rings. The minimum absolute atomic E-state index is 0.114. The Morgan fingerprint density at radius 1 is 1.22 bits per heavy atom. The highest BCUT2D eigenvalue weighted by Gasteiger charge is 2.36. The first-order valence-corrected chi connectivity index (χ1v) is 7.53. The van der Waals surface area contributed by atoms with Crippen LogP contribution < -0.4 is 5.32 Å². The lowest BCUT2D eigenvalue weighted by molar-refractivity contribution is -0.130. The highest BCUT2D eigenvalue weighted by Crippen LogP contribution is 2.23. The Labute approximate surface area is 110 Å². The first kappa shape index (κ1) is 12.4. The third kappa shape index (κ3) is 2.69. The zero-order chi connectivity index (χ0) is 12.5. The molecule has 0 aromatic heterocycles. The summed E-state index contributed by atoms with van der Waals surface area (Å²) < 4.78 is 0. The van der Waals surface area contributed by atoms with Crippen molar-refractivity contribution in [2.75, 3.05) is 26.2 Å². The van der Waals surface area contributed by atoms with Gasteiger partial charge < -0.3 is 10.2 Å². The molecular weight excluding hydrogens is 226 g/mol. The molecule has 2 saturated heterocycles. The van der Waals surface area contributed by atoms with Gasteiger partial charge in [0.25, 0.3) is 0 Å². The number of hydrogen-bond donors (Lipinski definition) is 1. The van der Waals surface area contributed by atoms with Crippen LogP contribution in [0.2, 0.25) is 0 Å². The summed E-state index contributed by atoms with van der Waals surface area (Å²) in [7, 11) is 0. The molecule has 0 aromatic carbocycles. The van der Waals surface area contributed by atoms with Gasteiger partial charge in [-0.1, -0.05) is 0 Å². The monoisotopic (exact) mass is 251 g/mol. The van der Waals surface area contributed by atoms with E-state index in [2.05, 4.69) is 22.0 Å². The van der Waals surface area contributed by atoms with Gasteiger partial charge in [0.1, 0.15) is 0 Å². The summed E-state index contributed by atoms with van der Waals surface area (Å²) in [6.45, 7) is 6.56. The van der Waals surface area contributed by atoms with Crippen LogP contribution in [0.15, 0.2) is 0 Å². The van der Waals surface area contributed by atoms with Gasteiger partial charge in [0.05, 0.1) is 6.04 Å². The molecular formula is C14H25N3O. The van der Waals surface area contributed by atoms with Crippen LogP contribution in [0.1, 0.15) is 39.0 Å². The van der Waals surface area contributed by atoms with E-state index in [0.717, 1.165) is 19.5 Å². The molecule has 102 valence electrons. The predicted octanol–water partition coefficient (Wildman–Crippen LogP) is 0.824. The Balaban J connectivity index is 1.48. The van der Waals surface area contributed by atoms with Gasteiger partial charge >= 0.3 is 0 Å². The smallest absolute Gasteiger partial charge is 0.239 e. The lowest BCUT2D eigenvalue weighted by Gasteiger charge is -2.28. The summed E-state index contributed by atoms with van der Waals surface area (Å²) in [6.07, 6.45) is 6.16. The molecule has 2 atom stereocenters. The lowest BCUT2D eigenvalue weighted by Crippen LogP contribution is -2.45. The van der Waals surface area contributed by atoms with Crippen molar-refractivity contribution >= 4 is 5.91 Å². The zero-order valence-corrected chi connectivity index (χ0v) is 11.4. The van der Waals surface area contributed by atoms with Crippen LogP contribution in [0.4, 0.5) is 0 Å². The fourth-order valence-corrected chi connectivity index (χ4v) is 3.23. The van der Waals surface area contributed by atoms with Gasteiger partial charge in [0, 0.05) is 25.2 Å². The first-order chi connectivity index (χ1) is 8.74. The second kappa shape index (κ2) is 5.17. The molecule has 2 unspecified atom stereocenters. The molecule has 1 aliphatic carbocycles. The van der Waals surface area contributed by atoms with E-state index in [1.807, 2.05) is 0 Å². The number of likely N-dealkylation sites (tertiary alicyclic amines) is 2. The van der Waals surface area contributed by atoms with Crippen molar-refractivity contribution in [1.29, 1.82) is 0 Å². The number of carbonyl (C=O) groups excluding carboxylic acids is 1. The zero-order valence-electron chi connectivity index (χ0n) is 11.4. The molecule has 0 radical (unpaired) electrons. The van der Waals surface area contributed by atoms with Gasteiger partial charge in [0.2, 0.25) is 5.91 Å². The van der Waals surface area contributed by atoms with Crippen LogP contribution in [-0.2, 0) is 4.79 Å². The van der Waals surface area contributed by atoms with E-state index < -0.39 is 0 Å². The average Bonchev–Trinajstić information content (AvgIpc) is 2.88. The number of nitrogens with one attached hydrogen (secondary N) is 1. The van der Waals surface area contributed by atoms with E-state index >= 15 is 0 Å². The molecule has 3 rings (SSSR count). The van der Waals surface area contributed by atoms with Crippen molar-refractivity contribution in [2.24, 2.45) is 0 Å². The second-order valence-electron chi connectivity index (χ2n) is 6.16. The third-order valence-corrected chi connectivity index (χ3v) is 4.56. The molecule has 1 amide bonds. The fourth-order valence-electron chi connectivity index (χ4n) is 3.23. The largest absolute Gasteiger partial charge is 0.340 e. The van der Waals surface area contributed by atoms with E-state index in [9.17, 15) is 4.79 Å². The van der Waals surface area contributed by atoms with E-state index in [4.69, 9.17) is 0 Å². The van der Waals surface area contributed by atoms with Gasteiger partial charge in [0.15, 0.2) is 0 Å². The van der Waals surface area contributed by atoms with E-state index in [1.54, 1.807) is 0 Å². The molecule has 0 bridgehead atoms. The van der Waals surface area contributed by atoms with Crippen molar-refractivity contribution in [3.05, 3.63) is 0 Å². The molecule has 1 saturated carbocycles. The van der Waals surface area contributed by atoms with Crippen molar-refractivity contribution in [3.63, 3.8) is 0 Å². The third-order valence-electron chi connectivity index (χ3n) is 4.56. The number of amides is 1. The maximum absolute atomic E-state index is 12.3. The van der Waals surface area contributed by atoms with Crippen molar-refractivity contribution in [3.8, 4) is 0 Å². The van der Waals surface area contributed by atoms with E-state index in [0.29, 0.717) is 18.0 Å². The second-order valence-corrected chi connectivity index (χ2v) is 6.16. The van der Waals surface area contributed by atoms with Crippen LogP contribution in [0, 0.1) is 0 Å². The molecule has 2 aliphatic heterocycles. The molecule has 4 nitrogen and oxygen atoms in total. The minimum atomic E-state index is 0.114. The SMILES string of the molecule is CC(CN1CCC(NC2CC2)C1=O)N1CCCC1. The highest BCUT2D eigenvalue weighted by molar-refractivity contribution is 5.84. The quantitative estimate of drug-likeness (QED) is 0.786. The lowest BCUT2D eigenvalue weighted by atomic mass is 10.2. The molecule has 0 aromatic rings. The summed E-state index contributed by atoms with van der Waals surface area (Å²) >= 11 is 0. The van der Waals surface area contributed by atoms with Crippen LogP contribution >= 0.6 is 0 Å². The first-order valence-electron chi connectivity index (χ1n) is 7.53. The number of hydrogen-bond acceptors (Lipinski definition) is 3. The standard InChI is InChI=1S/C14H25N3O/c1-11(16-7-2-3-8-16)10-17-9-6-13(14(17)18)15-12-4-5-12/h11-13,15H,2-10H2,1H3. The Morgan fingerprint density at radius 2 is 1.94 bits per heavy atom. The van der Waals surface area contributed by atoms with Crippen molar-refractivity contribution in [1.82, 2.24) is 15.1 Å². The topological polar surface area (TPSA) is 35.6 Å². The summed E-state index contributed by atoms with van der Waals surface area (Å²) in [6, 6.07) is 1.27. The maximum atomic E-state index is 12.3. The molecule has 3 aliphatic rings. The Bertz CT molecular complexity index is 310. The van der Waals surface area contributed by atoms with Gasteiger partial charge in [-0.25, -0.2) is 0 Å². The molecule has 0 spiro atoms. The minimum Gasteiger partial charge on any atom is -0.340 e. The van der Waals surface area contributed by atoms with Crippen LogP contribution in [0.5, 0.6) is 0 Å². The van der Waals surface area contributed by atoms with Crippen LogP contribution in [-0.4, -0.2) is 60.0 Å². The highest BCUT2D eigenvalue weighted by atomic mass is 16.2. The predicted molar refractivity (Wildman–Crippen MR) is 71.4 cm³/mol. The normalized spacial score (nSPS) is 31.3. The average molecular weight is 251 g/mol. The Kier molecular flexibility index (Phi) is 3.57. The summed E-state index contributed by atoms with van der Waals surface area (Å²) in [5, 5.41) is 3.47. The fraction of sp³-hybridized carbons (Fsp3) is 0.929. The molecule has 4 heteroatoms. The van der Waals surface area contributed by atoms with E-state index in [1.165, 1.54) is 38.8 Å². The molecule has 2 heterocycles. The molecule has 1 N–H and O–H groups in total. The van der Waals surface area contributed by atoms with Gasteiger partial charge in [-0.05, 0) is 52.1 Å². The Morgan fingerprint density at radius 3 is 2.61 bits per heavy atom. The Hall–Kier alpha value is -0.610. The summed E-state index contributed by atoms with van der Waals surface area (Å²) in [5.74, 6) is 0.341. The van der Waals surface area contributed by atoms with Gasteiger partial charge in [-0.3, -0.25) is 9.69 Å². The molecule has 18 heavy (non-hydrogen) atoms.